The molecule has 0 amide bonds. The van der Waals surface area contributed by atoms with Crippen LogP contribution in [0.1, 0.15) is 11.3 Å². The first-order chi connectivity index (χ1) is 23.3. The second kappa shape index (κ2) is 13.9. The Morgan fingerprint density at radius 3 is 1.92 bits per heavy atom. The van der Waals surface area contributed by atoms with E-state index in [0.717, 1.165) is 38.9 Å². The van der Waals surface area contributed by atoms with Crippen molar-refractivity contribution in [3.05, 3.63) is 192 Å². The lowest BCUT2D eigenvalue weighted by atomic mass is 9.96. The number of anilines is 3. The Hall–Kier alpha value is -5.86. The first-order valence-corrected chi connectivity index (χ1v) is 15.8. The summed E-state index contributed by atoms with van der Waals surface area (Å²) >= 11 is 12.9. The molecule has 232 valence electrons. The number of para-hydroxylation sites is 3. The molecular weight excluding hydrogens is 631 g/mol. The molecule has 0 fully saturated rings. The van der Waals surface area contributed by atoms with Crippen LogP contribution in [0, 0.1) is 11.3 Å². The molecule has 0 unspecified atom stereocenters. The monoisotopic (exact) mass is 660 g/mol. The molecule has 0 atom stereocenters. The minimum absolute atomic E-state index is 0.276. The molecule has 4 nitrogen and oxygen atoms in total. The second-order valence-corrected chi connectivity index (χ2v) is 12.0. The van der Waals surface area contributed by atoms with Crippen molar-refractivity contribution in [3.63, 3.8) is 0 Å². The van der Waals surface area contributed by atoms with Gasteiger partial charge in [-0.15, -0.1) is 0 Å². The van der Waals surface area contributed by atoms with Crippen LogP contribution in [0.15, 0.2) is 181 Å². The zero-order chi connectivity index (χ0) is 33.8. The number of halogens is 2. The van der Waals surface area contributed by atoms with E-state index in [1.165, 1.54) is 0 Å². The van der Waals surface area contributed by atoms with Crippen molar-refractivity contribution < 1.29 is 0 Å². The molecule has 2 heterocycles. The third kappa shape index (κ3) is 6.26. The molecule has 0 aliphatic rings. The Kier molecular flexibility index (Phi) is 9.27. The number of nitrogens with zero attached hydrogens (tertiary/aromatic N) is 4. The van der Waals surface area contributed by atoms with Gasteiger partial charge in [0.1, 0.15) is 11.8 Å². The highest BCUT2D eigenvalue weighted by atomic mass is 35.5. The minimum atomic E-state index is 0.276. The Bertz CT molecular complexity index is 2280. The number of allylic oxidation sites excluding steroid dienone is 8. The highest BCUT2D eigenvalue weighted by Gasteiger charge is 2.24. The molecule has 0 saturated heterocycles. The van der Waals surface area contributed by atoms with Crippen LogP contribution in [0.25, 0.3) is 33.1 Å². The van der Waals surface area contributed by atoms with Crippen molar-refractivity contribution in [2.75, 3.05) is 4.90 Å². The molecule has 0 aliphatic heterocycles. The molecule has 2 aromatic heterocycles. The molecular formula is C42H30Cl2N4. The van der Waals surface area contributed by atoms with E-state index in [9.17, 15) is 5.26 Å². The Balaban J connectivity index is 1.68. The topological polar surface area (TPSA) is 44.9 Å². The van der Waals surface area contributed by atoms with Crippen molar-refractivity contribution >= 4 is 73.3 Å². The van der Waals surface area contributed by atoms with Gasteiger partial charge < -0.3 is 9.47 Å². The van der Waals surface area contributed by atoms with Crippen LogP contribution < -0.4 is 4.90 Å². The highest BCUT2D eigenvalue weighted by molar-refractivity contribution is 6.38. The predicted octanol–water partition coefficient (Wildman–Crippen LogP) is 12.1. The lowest BCUT2D eigenvalue weighted by Gasteiger charge is -2.25. The maximum Gasteiger partial charge on any atom is 0.140 e. The molecule has 0 bridgehead atoms. The normalized spacial score (nSPS) is 11.7. The van der Waals surface area contributed by atoms with Gasteiger partial charge in [0, 0.05) is 55.2 Å². The van der Waals surface area contributed by atoms with Crippen LogP contribution in [0.3, 0.4) is 0 Å². The van der Waals surface area contributed by atoms with Gasteiger partial charge in [-0.3, -0.25) is 0 Å². The fraction of sp³-hybridized carbons (Fsp3) is 0. The molecule has 6 heteroatoms. The molecule has 0 saturated carbocycles. The molecule has 0 spiro atoms. The van der Waals surface area contributed by atoms with Gasteiger partial charge >= 0.3 is 0 Å². The summed E-state index contributed by atoms with van der Waals surface area (Å²) in [6.45, 7) is 16.7. The quantitative estimate of drug-likeness (QED) is 0.137. The van der Waals surface area contributed by atoms with Crippen LogP contribution in [-0.4, -0.2) is 9.55 Å². The van der Waals surface area contributed by atoms with Crippen LogP contribution in [0.2, 0.25) is 0 Å². The standard InChI is InChI=1S/C42H30Cl2N4/c1-28(19-20-29(2)43)30(3)42(41(31(4)44)32-21-22-33(26-45)46-27-32)48-39-18-12-11-17-37(39)38-25-36(23-24-40(38)48)47(34-13-7-5-8-14-34)35-15-9-6-10-16-35/h5-25,27H,1-4H2. The largest absolute Gasteiger partial charge is 0.310 e. The summed E-state index contributed by atoms with van der Waals surface area (Å²) < 4.78 is 2.14. The van der Waals surface area contributed by atoms with Crippen molar-refractivity contribution in [2.45, 2.75) is 0 Å². The Morgan fingerprint density at radius 1 is 0.708 bits per heavy atom. The zero-order valence-electron chi connectivity index (χ0n) is 26.1. The van der Waals surface area contributed by atoms with Gasteiger partial charge in [0.05, 0.1) is 16.7 Å². The average Bonchev–Trinajstić information content (AvgIpc) is 3.43. The summed E-state index contributed by atoms with van der Waals surface area (Å²) in [6, 6.07) is 40.8. The van der Waals surface area contributed by atoms with E-state index >= 15 is 0 Å². The second-order valence-electron chi connectivity index (χ2n) is 11.0. The van der Waals surface area contributed by atoms with Gasteiger partial charge in [-0.2, -0.15) is 5.26 Å². The Labute approximate surface area is 290 Å². The number of hydrogen-bond acceptors (Lipinski definition) is 3. The SMILES string of the molecule is C=C(Cl)C=CC(=C)C(=C)C(=C(C(=C)Cl)c1ccc(C#N)nc1)n1c2ccccc2c2cc(N(c3ccccc3)c3ccccc3)ccc21. The summed E-state index contributed by atoms with van der Waals surface area (Å²) in [4.78, 5) is 6.57. The molecule has 4 aromatic carbocycles. The van der Waals surface area contributed by atoms with Crippen molar-refractivity contribution in [3.8, 4) is 6.07 Å². The molecule has 0 radical (unpaired) electrons. The number of benzene rings is 4. The average molecular weight is 662 g/mol. The maximum atomic E-state index is 9.42. The highest BCUT2D eigenvalue weighted by Crippen LogP contribution is 2.44. The number of fused-ring (bicyclic) bond motifs is 3. The van der Waals surface area contributed by atoms with Crippen molar-refractivity contribution in [1.82, 2.24) is 9.55 Å². The number of nitriles is 1. The van der Waals surface area contributed by atoms with Gasteiger partial charge in [0.25, 0.3) is 0 Å². The van der Waals surface area contributed by atoms with Gasteiger partial charge in [-0.25, -0.2) is 4.98 Å². The summed E-state index contributed by atoms with van der Waals surface area (Å²) in [6.07, 6.45) is 5.06. The van der Waals surface area contributed by atoms with E-state index in [0.29, 0.717) is 33.0 Å². The summed E-state index contributed by atoms with van der Waals surface area (Å²) in [5.74, 6) is 0. The van der Waals surface area contributed by atoms with Crippen LogP contribution in [0.4, 0.5) is 17.1 Å². The maximum absolute atomic E-state index is 9.42. The molecule has 48 heavy (non-hydrogen) atoms. The fourth-order valence-corrected chi connectivity index (χ4v) is 6.07. The van der Waals surface area contributed by atoms with Crippen molar-refractivity contribution in [1.29, 1.82) is 5.26 Å². The number of hydrogen-bond donors (Lipinski definition) is 0. The smallest absolute Gasteiger partial charge is 0.140 e. The van der Waals surface area contributed by atoms with E-state index in [1.54, 1.807) is 24.4 Å². The first-order valence-electron chi connectivity index (χ1n) is 15.1. The molecule has 6 rings (SSSR count). The third-order valence-electron chi connectivity index (χ3n) is 7.98. The lowest BCUT2D eigenvalue weighted by molar-refractivity contribution is 1.20. The van der Waals surface area contributed by atoms with E-state index in [4.69, 9.17) is 23.2 Å². The number of aromatic nitrogens is 2. The zero-order valence-corrected chi connectivity index (χ0v) is 27.6. The van der Waals surface area contributed by atoms with Crippen LogP contribution in [-0.2, 0) is 0 Å². The fourth-order valence-electron chi connectivity index (χ4n) is 5.81. The molecule has 0 aliphatic carbocycles. The number of rotatable bonds is 10. The van der Waals surface area contributed by atoms with Crippen LogP contribution >= 0.6 is 23.2 Å². The van der Waals surface area contributed by atoms with E-state index < -0.39 is 0 Å². The van der Waals surface area contributed by atoms with Gasteiger partial charge in [0.15, 0.2) is 0 Å². The molecule has 6 aromatic rings. The Morgan fingerprint density at radius 2 is 1.33 bits per heavy atom. The van der Waals surface area contributed by atoms with Crippen LogP contribution in [0.5, 0.6) is 0 Å². The van der Waals surface area contributed by atoms with Gasteiger partial charge in [0.2, 0.25) is 0 Å². The predicted molar refractivity (Wildman–Crippen MR) is 204 cm³/mol. The van der Waals surface area contributed by atoms with E-state index in [1.807, 2.05) is 54.6 Å². The summed E-state index contributed by atoms with van der Waals surface area (Å²) in [5.41, 5.74) is 8.35. The van der Waals surface area contributed by atoms with Gasteiger partial charge in [-0.1, -0.05) is 110 Å². The van der Waals surface area contributed by atoms with E-state index in [2.05, 4.69) is 101 Å². The van der Waals surface area contributed by atoms with Crippen molar-refractivity contribution in [2.24, 2.45) is 0 Å². The lowest BCUT2D eigenvalue weighted by Crippen LogP contribution is -2.09. The summed E-state index contributed by atoms with van der Waals surface area (Å²) in [5, 5.41) is 12.1. The van der Waals surface area contributed by atoms with Gasteiger partial charge in [-0.05, 0) is 77.9 Å². The minimum Gasteiger partial charge on any atom is -0.310 e. The van der Waals surface area contributed by atoms with E-state index in [-0.39, 0.29) is 10.7 Å². The third-order valence-corrected chi connectivity index (χ3v) is 8.30. The number of pyridine rings is 1. The summed E-state index contributed by atoms with van der Waals surface area (Å²) in [7, 11) is 0. The first kappa shape index (κ1) is 32.1. The molecule has 0 N–H and O–H groups in total.